The van der Waals surface area contributed by atoms with Crippen molar-refractivity contribution in [3.8, 4) is 0 Å². The summed E-state index contributed by atoms with van der Waals surface area (Å²) in [6.07, 6.45) is 0.959. The van der Waals surface area contributed by atoms with Crippen molar-refractivity contribution >= 4 is 23.3 Å². The molecule has 5 nitrogen and oxygen atoms in total. The van der Waals surface area contributed by atoms with Gasteiger partial charge in [-0.2, -0.15) is 0 Å². The first-order valence-corrected chi connectivity index (χ1v) is 7.77. The van der Waals surface area contributed by atoms with Gasteiger partial charge in [-0.3, -0.25) is 0 Å². The summed E-state index contributed by atoms with van der Waals surface area (Å²) in [4.78, 5) is 3.05. The van der Waals surface area contributed by atoms with Gasteiger partial charge in [0.15, 0.2) is 5.84 Å². The molecule has 0 aliphatic rings. The highest BCUT2D eigenvalue weighted by atomic mass is 32.2. The number of aliphatic hydroxyl groups excluding tert-OH is 1. The molecule has 0 saturated heterocycles. The van der Waals surface area contributed by atoms with Crippen molar-refractivity contribution in [1.29, 1.82) is 0 Å². The minimum absolute atomic E-state index is 0.0702. The van der Waals surface area contributed by atoms with E-state index < -0.39 is 0 Å². The summed E-state index contributed by atoms with van der Waals surface area (Å²) in [5.41, 5.74) is 7.49. The van der Waals surface area contributed by atoms with E-state index >= 15 is 0 Å². The van der Waals surface area contributed by atoms with Gasteiger partial charge < -0.3 is 20.9 Å². The van der Waals surface area contributed by atoms with Crippen LogP contribution in [0.2, 0.25) is 0 Å². The Morgan fingerprint density at radius 2 is 2.10 bits per heavy atom. The fourth-order valence-electron chi connectivity index (χ4n) is 2.11. The molecule has 1 rings (SSSR count). The number of anilines is 1. The Bertz CT molecular complexity index is 446. The molecular weight excluding hydrogens is 274 g/mol. The molecule has 20 heavy (non-hydrogen) atoms. The monoisotopic (exact) mass is 297 g/mol. The van der Waals surface area contributed by atoms with Crippen LogP contribution in [-0.2, 0) is 0 Å². The van der Waals surface area contributed by atoms with Crippen LogP contribution in [0.1, 0.15) is 25.8 Å². The van der Waals surface area contributed by atoms with Crippen LogP contribution in [0.4, 0.5) is 5.69 Å². The largest absolute Gasteiger partial charge is 0.409 e. The van der Waals surface area contributed by atoms with E-state index in [9.17, 15) is 5.11 Å². The number of oxime groups is 1. The number of rotatable bonds is 8. The van der Waals surface area contributed by atoms with Crippen molar-refractivity contribution in [3.05, 3.63) is 23.8 Å². The van der Waals surface area contributed by atoms with Gasteiger partial charge in [0, 0.05) is 23.7 Å². The van der Waals surface area contributed by atoms with Crippen LogP contribution in [0.15, 0.2) is 28.3 Å². The molecule has 112 valence electrons. The minimum atomic E-state index is 0.0702. The second-order valence-electron chi connectivity index (χ2n) is 4.28. The van der Waals surface area contributed by atoms with Crippen LogP contribution in [-0.4, -0.2) is 41.6 Å². The number of hydrogen-bond donors (Lipinski definition) is 3. The molecule has 0 aromatic heterocycles. The summed E-state index contributed by atoms with van der Waals surface area (Å²) in [6, 6.07) is 5.87. The van der Waals surface area contributed by atoms with Gasteiger partial charge in [-0.1, -0.05) is 25.1 Å². The highest BCUT2D eigenvalue weighted by molar-refractivity contribution is 7.99. The molecule has 0 radical (unpaired) electrons. The molecule has 1 aromatic carbocycles. The van der Waals surface area contributed by atoms with Gasteiger partial charge in [-0.25, -0.2) is 0 Å². The van der Waals surface area contributed by atoms with E-state index in [1.807, 2.05) is 18.2 Å². The predicted octanol–water partition coefficient (Wildman–Crippen LogP) is 2.10. The third-order valence-electron chi connectivity index (χ3n) is 2.87. The Balaban J connectivity index is 3.31. The average molecular weight is 297 g/mol. The number of nitrogens with zero attached hydrogens (tertiary/aromatic N) is 2. The summed E-state index contributed by atoms with van der Waals surface area (Å²) < 4.78 is 0. The number of amidine groups is 1. The molecule has 0 amide bonds. The zero-order chi connectivity index (χ0) is 15.0. The second kappa shape index (κ2) is 8.71. The summed E-state index contributed by atoms with van der Waals surface area (Å²) in [6.45, 7) is 5.55. The first-order chi connectivity index (χ1) is 9.69. The van der Waals surface area contributed by atoms with Crippen molar-refractivity contribution < 1.29 is 10.3 Å². The standard InChI is InChI=1S/C14H23N3O2S/c1-3-8-17(9-10-18)11-6-5-7-12(20-4-2)13(11)14(15)16-19/h5-7,18-19H,3-4,8-10H2,1-2H3,(H2,15,16). The molecule has 0 heterocycles. The second-order valence-corrected chi connectivity index (χ2v) is 5.59. The predicted molar refractivity (Wildman–Crippen MR) is 84.9 cm³/mol. The van der Waals surface area contributed by atoms with E-state index in [1.54, 1.807) is 11.8 Å². The fourth-order valence-corrected chi connectivity index (χ4v) is 2.95. The van der Waals surface area contributed by atoms with Gasteiger partial charge >= 0.3 is 0 Å². The maximum atomic E-state index is 9.23. The highest BCUT2D eigenvalue weighted by Gasteiger charge is 2.17. The fraction of sp³-hybridized carbons (Fsp3) is 0.500. The first kappa shape index (κ1) is 16.7. The molecule has 6 heteroatoms. The summed E-state index contributed by atoms with van der Waals surface area (Å²) >= 11 is 1.65. The van der Waals surface area contributed by atoms with Crippen LogP contribution >= 0.6 is 11.8 Å². The Hall–Kier alpha value is -1.40. The van der Waals surface area contributed by atoms with Gasteiger partial charge in [0.25, 0.3) is 0 Å². The average Bonchev–Trinajstić information content (AvgIpc) is 2.46. The molecule has 0 bridgehead atoms. The number of nitrogens with two attached hydrogens (primary N) is 1. The lowest BCUT2D eigenvalue weighted by atomic mass is 10.1. The quantitative estimate of drug-likeness (QED) is 0.225. The molecule has 0 fully saturated rings. The summed E-state index contributed by atoms with van der Waals surface area (Å²) in [7, 11) is 0. The van der Waals surface area contributed by atoms with E-state index in [-0.39, 0.29) is 12.4 Å². The Morgan fingerprint density at radius 1 is 1.35 bits per heavy atom. The van der Waals surface area contributed by atoms with Gasteiger partial charge in [0.2, 0.25) is 0 Å². The zero-order valence-electron chi connectivity index (χ0n) is 12.0. The zero-order valence-corrected chi connectivity index (χ0v) is 12.9. The van der Waals surface area contributed by atoms with Crippen LogP contribution in [0, 0.1) is 0 Å². The molecule has 1 aromatic rings. The van der Waals surface area contributed by atoms with Gasteiger partial charge in [-0.05, 0) is 24.3 Å². The SMILES string of the molecule is CCCN(CCO)c1cccc(SCC)c1/C(N)=N/O. The van der Waals surface area contributed by atoms with E-state index in [0.29, 0.717) is 6.54 Å². The molecule has 0 unspecified atom stereocenters. The molecule has 0 atom stereocenters. The van der Waals surface area contributed by atoms with Crippen molar-refractivity contribution in [1.82, 2.24) is 0 Å². The Labute approximate surface area is 124 Å². The van der Waals surface area contributed by atoms with Crippen molar-refractivity contribution in [2.75, 3.05) is 30.3 Å². The van der Waals surface area contributed by atoms with E-state index in [4.69, 9.17) is 10.9 Å². The Kier molecular flexibility index (Phi) is 7.25. The number of thioether (sulfide) groups is 1. The maximum absolute atomic E-state index is 9.23. The van der Waals surface area contributed by atoms with E-state index in [1.165, 1.54) is 0 Å². The molecular formula is C14H23N3O2S. The smallest absolute Gasteiger partial charge is 0.173 e. The molecule has 4 N–H and O–H groups in total. The first-order valence-electron chi connectivity index (χ1n) is 6.79. The highest BCUT2D eigenvalue weighted by Crippen LogP contribution is 2.30. The number of benzene rings is 1. The summed E-state index contributed by atoms with van der Waals surface area (Å²) in [5.74, 6) is 1.01. The van der Waals surface area contributed by atoms with Gasteiger partial charge in [-0.15, -0.1) is 11.8 Å². The molecule has 0 aliphatic heterocycles. The van der Waals surface area contributed by atoms with Crippen molar-refractivity contribution in [3.63, 3.8) is 0 Å². The maximum Gasteiger partial charge on any atom is 0.173 e. The number of aliphatic hydroxyl groups is 1. The van der Waals surface area contributed by atoms with Crippen LogP contribution in [0.3, 0.4) is 0 Å². The van der Waals surface area contributed by atoms with Crippen LogP contribution in [0.25, 0.3) is 0 Å². The lowest BCUT2D eigenvalue weighted by Gasteiger charge is -2.26. The lowest BCUT2D eigenvalue weighted by molar-refractivity contribution is 0.302. The summed E-state index contributed by atoms with van der Waals surface area (Å²) in [5, 5.41) is 21.4. The van der Waals surface area contributed by atoms with Crippen LogP contribution in [0.5, 0.6) is 0 Å². The third kappa shape index (κ3) is 4.05. The van der Waals surface area contributed by atoms with Crippen molar-refractivity contribution in [2.24, 2.45) is 10.9 Å². The minimum Gasteiger partial charge on any atom is -0.409 e. The third-order valence-corrected chi connectivity index (χ3v) is 3.81. The molecule has 0 saturated carbocycles. The Morgan fingerprint density at radius 3 is 2.65 bits per heavy atom. The molecule has 0 spiro atoms. The van der Waals surface area contributed by atoms with E-state index in [2.05, 4.69) is 23.9 Å². The van der Waals surface area contributed by atoms with Crippen LogP contribution < -0.4 is 10.6 Å². The lowest BCUT2D eigenvalue weighted by Crippen LogP contribution is -2.30. The van der Waals surface area contributed by atoms with Gasteiger partial charge in [0.1, 0.15) is 0 Å². The topological polar surface area (TPSA) is 82.1 Å². The van der Waals surface area contributed by atoms with Gasteiger partial charge in [0.05, 0.1) is 12.2 Å². The van der Waals surface area contributed by atoms with E-state index in [0.717, 1.165) is 34.9 Å². The van der Waals surface area contributed by atoms with Crippen molar-refractivity contribution in [2.45, 2.75) is 25.2 Å². The normalized spacial score (nSPS) is 11.7. The molecule has 0 aliphatic carbocycles. The number of hydrogen-bond acceptors (Lipinski definition) is 5.